The molecule has 0 bridgehead atoms. The second-order valence-electron chi connectivity index (χ2n) is 4.55. The van der Waals surface area contributed by atoms with Gasteiger partial charge in [0.2, 0.25) is 0 Å². The number of rotatable bonds is 5. The van der Waals surface area contributed by atoms with Crippen LogP contribution in [-0.2, 0) is 0 Å². The molecule has 0 saturated carbocycles. The van der Waals surface area contributed by atoms with Gasteiger partial charge in [-0.2, -0.15) is 0 Å². The first-order chi connectivity index (χ1) is 9.67. The molecule has 106 valence electrons. The number of para-hydroxylation sites is 1. The van der Waals surface area contributed by atoms with Gasteiger partial charge in [-0.05, 0) is 36.8 Å². The van der Waals surface area contributed by atoms with Crippen molar-refractivity contribution < 1.29 is 8.78 Å². The first-order valence-corrected chi connectivity index (χ1v) is 6.64. The fourth-order valence-corrected chi connectivity index (χ4v) is 2.37. The minimum atomic E-state index is -0.843. The minimum Gasteiger partial charge on any atom is -0.363 e. The molecule has 4 heteroatoms. The topological polar surface area (TPSA) is 29.3 Å². The number of nitrogens with zero attached hydrogens (tertiary/aromatic N) is 1. The molecule has 0 aliphatic heterocycles. The summed E-state index contributed by atoms with van der Waals surface area (Å²) >= 11 is 0. The molecule has 0 aliphatic carbocycles. The van der Waals surface area contributed by atoms with Gasteiger partial charge in [0.05, 0.1) is 6.04 Å². The summed E-state index contributed by atoms with van der Waals surface area (Å²) in [6.07, 6.45) is 0. The summed E-state index contributed by atoms with van der Waals surface area (Å²) in [7, 11) is 0. The molecule has 2 nitrogen and oxygen atoms in total. The van der Waals surface area contributed by atoms with Crippen molar-refractivity contribution >= 4 is 5.69 Å². The van der Waals surface area contributed by atoms with E-state index in [1.165, 1.54) is 6.07 Å². The van der Waals surface area contributed by atoms with Gasteiger partial charge in [0.15, 0.2) is 11.6 Å². The van der Waals surface area contributed by atoms with Gasteiger partial charge in [-0.1, -0.05) is 24.3 Å². The van der Waals surface area contributed by atoms with E-state index in [-0.39, 0.29) is 6.04 Å². The first kappa shape index (κ1) is 14.5. The highest BCUT2D eigenvalue weighted by Gasteiger charge is 2.19. The standard InChI is InChI=1S/C16H18F2N2/c1-2-20(13-6-4-3-5-7-13)16(11-19)12-8-9-14(17)15(18)10-12/h3-10,16H,2,11,19H2,1H3. The second kappa shape index (κ2) is 6.48. The third kappa shape index (κ3) is 2.96. The number of hydrogen-bond donors (Lipinski definition) is 1. The van der Waals surface area contributed by atoms with Gasteiger partial charge in [0.25, 0.3) is 0 Å². The molecule has 0 spiro atoms. The van der Waals surface area contributed by atoms with E-state index < -0.39 is 11.6 Å². The van der Waals surface area contributed by atoms with E-state index in [2.05, 4.69) is 4.90 Å². The Morgan fingerprint density at radius 3 is 2.30 bits per heavy atom. The largest absolute Gasteiger partial charge is 0.363 e. The van der Waals surface area contributed by atoms with Gasteiger partial charge in [0, 0.05) is 18.8 Å². The second-order valence-corrected chi connectivity index (χ2v) is 4.55. The molecule has 0 fully saturated rings. The van der Waals surface area contributed by atoms with Crippen molar-refractivity contribution in [3.63, 3.8) is 0 Å². The van der Waals surface area contributed by atoms with Crippen molar-refractivity contribution in [3.05, 3.63) is 65.7 Å². The van der Waals surface area contributed by atoms with Gasteiger partial charge in [0.1, 0.15) is 0 Å². The van der Waals surface area contributed by atoms with Crippen LogP contribution in [0, 0.1) is 11.6 Å². The number of nitrogens with two attached hydrogens (primary N) is 1. The summed E-state index contributed by atoms with van der Waals surface area (Å²) in [5.74, 6) is -1.68. The molecule has 1 unspecified atom stereocenters. The number of benzene rings is 2. The fraction of sp³-hybridized carbons (Fsp3) is 0.250. The highest BCUT2D eigenvalue weighted by Crippen LogP contribution is 2.27. The van der Waals surface area contributed by atoms with Crippen LogP contribution in [0.2, 0.25) is 0 Å². The predicted molar refractivity (Wildman–Crippen MR) is 77.6 cm³/mol. The van der Waals surface area contributed by atoms with Crippen molar-refractivity contribution in [2.75, 3.05) is 18.0 Å². The van der Waals surface area contributed by atoms with E-state index in [9.17, 15) is 8.78 Å². The highest BCUT2D eigenvalue weighted by atomic mass is 19.2. The first-order valence-electron chi connectivity index (χ1n) is 6.64. The molecular weight excluding hydrogens is 258 g/mol. The lowest BCUT2D eigenvalue weighted by Gasteiger charge is -2.32. The van der Waals surface area contributed by atoms with Crippen LogP contribution in [0.4, 0.5) is 14.5 Å². The van der Waals surface area contributed by atoms with Gasteiger partial charge in [-0.15, -0.1) is 0 Å². The fourth-order valence-electron chi connectivity index (χ4n) is 2.37. The molecule has 0 amide bonds. The molecule has 2 aromatic carbocycles. The lowest BCUT2D eigenvalue weighted by Crippen LogP contribution is -2.33. The van der Waals surface area contributed by atoms with Gasteiger partial charge in [-0.25, -0.2) is 8.78 Å². The maximum Gasteiger partial charge on any atom is 0.159 e. The average Bonchev–Trinajstić information content (AvgIpc) is 2.48. The Morgan fingerprint density at radius 2 is 1.75 bits per heavy atom. The maximum absolute atomic E-state index is 13.4. The van der Waals surface area contributed by atoms with Crippen LogP contribution in [-0.4, -0.2) is 13.1 Å². The molecule has 0 saturated heterocycles. The van der Waals surface area contributed by atoms with E-state index in [0.29, 0.717) is 12.1 Å². The van der Waals surface area contributed by atoms with Crippen LogP contribution in [0.25, 0.3) is 0 Å². The summed E-state index contributed by atoms with van der Waals surface area (Å²) in [5, 5.41) is 0. The number of likely N-dealkylation sites (N-methyl/N-ethyl adjacent to an activating group) is 1. The molecule has 0 aliphatic rings. The predicted octanol–water partition coefficient (Wildman–Crippen LogP) is 3.49. The maximum atomic E-state index is 13.4. The zero-order valence-corrected chi connectivity index (χ0v) is 11.4. The number of anilines is 1. The summed E-state index contributed by atoms with van der Waals surface area (Å²) in [6.45, 7) is 3.06. The highest BCUT2D eigenvalue weighted by molar-refractivity contribution is 5.48. The van der Waals surface area contributed by atoms with Gasteiger partial charge >= 0.3 is 0 Å². The lowest BCUT2D eigenvalue weighted by molar-refractivity contribution is 0.504. The molecule has 0 aromatic heterocycles. The third-order valence-electron chi connectivity index (χ3n) is 3.36. The Balaban J connectivity index is 2.36. The van der Waals surface area contributed by atoms with Crippen molar-refractivity contribution in [2.45, 2.75) is 13.0 Å². The normalized spacial score (nSPS) is 12.2. The monoisotopic (exact) mass is 276 g/mol. The molecule has 1 atom stereocenters. The molecule has 2 N–H and O–H groups in total. The zero-order valence-electron chi connectivity index (χ0n) is 11.4. The Morgan fingerprint density at radius 1 is 1.05 bits per heavy atom. The van der Waals surface area contributed by atoms with Crippen molar-refractivity contribution in [3.8, 4) is 0 Å². The Bertz CT molecular complexity index is 558. The van der Waals surface area contributed by atoms with Crippen LogP contribution in [0.1, 0.15) is 18.5 Å². The molecule has 0 heterocycles. The van der Waals surface area contributed by atoms with Gasteiger partial charge in [-0.3, -0.25) is 0 Å². The van der Waals surface area contributed by atoms with E-state index in [4.69, 9.17) is 5.73 Å². The van der Waals surface area contributed by atoms with Crippen LogP contribution in [0.5, 0.6) is 0 Å². The quantitative estimate of drug-likeness (QED) is 0.905. The van der Waals surface area contributed by atoms with E-state index in [1.807, 2.05) is 37.3 Å². The van der Waals surface area contributed by atoms with E-state index in [0.717, 1.165) is 18.3 Å². The molecule has 2 aromatic rings. The van der Waals surface area contributed by atoms with Crippen LogP contribution >= 0.6 is 0 Å². The van der Waals surface area contributed by atoms with Crippen molar-refractivity contribution in [1.82, 2.24) is 0 Å². The lowest BCUT2D eigenvalue weighted by atomic mass is 10.0. The Hall–Kier alpha value is -1.94. The third-order valence-corrected chi connectivity index (χ3v) is 3.36. The van der Waals surface area contributed by atoms with Gasteiger partial charge < -0.3 is 10.6 Å². The zero-order chi connectivity index (χ0) is 14.5. The smallest absolute Gasteiger partial charge is 0.159 e. The van der Waals surface area contributed by atoms with Crippen LogP contribution < -0.4 is 10.6 Å². The molecule has 2 rings (SSSR count). The van der Waals surface area contributed by atoms with Crippen LogP contribution in [0.15, 0.2) is 48.5 Å². The molecular formula is C16H18F2N2. The van der Waals surface area contributed by atoms with E-state index >= 15 is 0 Å². The molecule has 20 heavy (non-hydrogen) atoms. The Kier molecular flexibility index (Phi) is 4.69. The van der Waals surface area contributed by atoms with Crippen molar-refractivity contribution in [1.29, 1.82) is 0 Å². The summed E-state index contributed by atoms with van der Waals surface area (Å²) in [6, 6.07) is 13.5. The summed E-state index contributed by atoms with van der Waals surface area (Å²) < 4.78 is 26.5. The minimum absolute atomic E-state index is 0.183. The Labute approximate surface area is 117 Å². The number of halogens is 2. The summed E-state index contributed by atoms with van der Waals surface area (Å²) in [5.41, 5.74) is 7.54. The number of hydrogen-bond acceptors (Lipinski definition) is 2. The van der Waals surface area contributed by atoms with Crippen molar-refractivity contribution in [2.24, 2.45) is 5.73 Å². The summed E-state index contributed by atoms with van der Waals surface area (Å²) in [4.78, 5) is 2.08. The molecule has 0 radical (unpaired) electrons. The van der Waals surface area contributed by atoms with E-state index in [1.54, 1.807) is 6.07 Å². The average molecular weight is 276 g/mol. The van der Waals surface area contributed by atoms with Crippen LogP contribution in [0.3, 0.4) is 0 Å². The SMILES string of the molecule is CCN(c1ccccc1)C(CN)c1ccc(F)c(F)c1.